The topological polar surface area (TPSA) is 49.4 Å². The molecule has 0 radical (unpaired) electrons. The molecule has 0 bridgehead atoms. The molecule has 1 N–H and O–H groups in total. The summed E-state index contributed by atoms with van der Waals surface area (Å²) in [4.78, 5) is 26.7. The Hall–Kier alpha value is -1.84. The first-order chi connectivity index (χ1) is 10.1. The predicted octanol–water partition coefficient (Wildman–Crippen LogP) is 1.89. The van der Waals surface area contributed by atoms with Crippen LogP contribution < -0.4 is 5.32 Å². The average Bonchev–Trinajstić information content (AvgIpc) is 2.44. The molecule has 1 aromatic rings. The molecular formula is C17H22N2O2. The summed E-state index contributed by atoms with van der Waals surface area (Å²) in [5.74, 6) is 0.0512. The highest BCUT2D eigenvalue weighted by Gasteiger charge is 2.47. The summed E-state index contributed by atoms with van der Waals surface area (Å²) < 4.78 is 0. The Bertz CT molecular complexity index is 531. The molecule has 2 amide bonds. The van der Waals surface area contributed by atoms with Gasteiger partial charge in [0.2, 0.25) is 11.8 Å². The zero-order valence-corrected chi connectivity index (χ0v) is 12.5. The fourth-order valence-electron chi connectivity index (χ4n) is 3.50. The van der Waals surface area contributed by atoms with Gasteiger partial charge in [-0.25, -0.2) is 0 Å². The predicted molar refractivity (Wildman–Crippen MR) is 80.7 cm³/mol. The van der Waals surface area contributed by atoms with E-state index in [9.17, 15) is 9.59 Å². The van der Waals surface area contributed by atoms with Gasteiger partial charge >= 0.3 is 0 Å². The average molecular weight is 286 g/mol. The molecule has 2 fully saturated rings. The number of hydrogen-bond donors (Lipinski definition) is 1. The molecule has 1 aliphatic heterocycles. The number of rotatable bonds is 4. The summed E-state index contributed by atoms with van der Waals surface area (Å²) in [6.45, 7) is 2.34. The fourth-order valence-corrected chi connectivity index (χ4v) is 3.50. The van der Waals surface area contributed by atoms with Crippen LogP contribution in [0.25, 0.3) is 0 Å². The van der Waals surface area contributed by atoms with Crippen molar-refractivity contribution in [3.8, 4) is 0 Å². The first-order valence-corrected chi connectivity index (χ1v) is 7.79. The van der Waals surface area contributed by atoms with Crippen LogP contribution in [-0.4, -0.2) is 34.8 Å². The Morgan fingerprint density at radius 2 is 1.95 bits per heavy atom. The molecule has 1 heterocycles. The van der Waals surface area contributed by atoms with Crippen LogP contribution in [0.15, 0.2) is 30.3 Å². The van der Waals surface area contributed by atoms with E-state index >= 15 is 0 Å². The molecule has 21 heavy (non-hydrogen) atoms. The Kier molecular flexibility index (Phi) is 3.70. The summed E-state index contributed by atoms with van der Waals surface area (Å²) in [5.41, 5.74) is 1.02. The van der Waals surface area contributed by atoms with Crippen LogP contribution in [0.1, 0.15) is 38.2 Å². The van der Waals surface area contributed by atoms with Crippen LogP contribution >= 0.6 is 0 Å². The molecule has 112 valence electrons. The zero-order chi connectivity index (χ0) is 14.9. The number of hydrogen-bond acceptors (Lipinski definition) is 2. The molecule has 1 atom stereocenters. The summed E-state index contributed by atoms with van der Waals surface area (Å²) >= 11 is 0. The lowest BCUT2D eigenvalue weighted by Gasteiger charge is -2.52. The van der Waals surface area contributed by atoms with Gasteiger partial charge in [-0.05, 0) is 31.2 Å². The standard InChI is InChI=1S/C17H22N2O2/c1-2-17(9-6-10-17)19-12-15(20)18-14(16(19)21)11-13-7-4-3-5-8-13/h3-5,7-8,14H,2,6,9-12H2,1H3,(H,18,20). The van der Waals surface area contributed by atoms with Crippen molar-refractivity contribution in [1.82, 2.24) is 10.2 Å². The van der Waals surface area contributed by atoms with E-state index in [0.29, 0.717) is 6.42 Å². The Balaban J connectivity index is 1.79. The number of benzene rings is 1. The number of nitrogens with zero attached hydrogens (tertiary/aromatic N) is 1. The van der Waals surface area contributed by atoms with Crippen LogP contribution in [0.5, 0.6) is 0 Å². The van der Waals surface area contributed by atoms with Gasteiger partial charge in [0.05, 0.1) is 0 Å². The van der Waals surface area contributed by atoms with Gasteiger partial charge in [0.15, 0.2) is 0 Å². The van der Waals surface area contributed by atoms with E-state index < -0.39 is 6.04 Å². The van der Waals surface area contributed by atoms with Crippen LogP contribution in [0.4, 0.5) is 0 Å². The maximum Gasteiger partial charge on any atom is 0.246 e. The Morgan fingerprint density at radius 1 is 1.24 bits per heavy atom. The van der Waals surface area contributed by atoms with Gasteiger partial charge in [0.25, 0.3) is 0 Å². The van der Waals surface area contributed by atoms with Gasteiger partial charge < -0.3 is 10.2 Å². The molecule has 4 nitrogen and oxygen atoms in total. The van der Waals surface area contributed by atoms with E-state index in [4.69, 9.17) is 0 Å². The summed E-state index contributed by atoms with van der Waals surface area (Å²) in [6.07, 6.45) is 4.72. The molecule has 1 aliphatic carbocycles. The maximum absolute atomic E-state index is 12.8. The monoisotopic (exact) mass is 286 g/mol. The van der Waals surface area contributed by atoms with E-state index in [0.717, 1.165) is 31.2 Å². The summed E-state index contributed by atoms with van der Waals surface area (Å²) in [6, 6.07) is 9.45. The van der Waals surface area contributed by atoms with Crippen molar-refractivity contribution < 1.29 is 9.59 Å². The zero-order valence-electron chi connectivity index (χ0n) is 12.5. The lowest BCUT2D eigenvalue weighted by Crippen LogP contribution is -2.67. The Morgan fingerprint density at radius 3 is 2.52 bits per heavy atom. The molecule has 1 aromatic carbocycles. The minimum Gasteiger partial charge on any atom is -0.342 e. The summed E-state index contributed by atoms with van der Waals surface area (Å²) in [7, 11) is 0. The van der Waals surface area contributed by atoms with Crippen molar-refractivity contribution in [1.29, 1.82) is 0 Å². The van der Waals surface area contributed by atoms with Crippen molar-refractivity contribution in [2.45, 2.75) is 50.6 Å². The smallest absolute Gasteiger partial charge is 0.246 e. The molecule has 0 spiro atoms. The minimum absolute atomic E-state index is 0.0322. The van der Waals surface area contributed by atoms with E-state index in [1.807, 2.05) is 35.2 Å². The highest BCUT2D eigenvalue weighted by Crippen LogP contribution is 2.41. The van der Waals surface area contributed by atoms with Gasteiger partial charge in [-0.1, -0.05) is 37.3 Å². The summed E-state index contributed by atoms with van der Waals surface area (Å²) in [5, 5.41) is 2.86. The van der Waals surface area contributed by atoms with Gasteiger partial charge in [-0.15, -0.1) is 0 Å². The molecule has 1 saturated carbocycles. The Labute approximate surface area is 125 Å². The molecular weight excluding hydrogens is 264 g/mol. The lowest BCUT2D eigenvalue weighted by atomic mass is 9.72. The molecule has 1 unspecified atom stereocenters. The third kappa shape index (κ3) is 2.55. The van der Waals surface area contributed by atoms with Gasteiger partial charge in [-0.3, -0.25) is 9.59 Å². The van der Waals surface area contributed by atoms with Crippen molar-refractivity contribution >= 4 is 11.8 Å². The van der Waals surface area contributed by atoms with Crippen molar-refractivity contribution in [3.63, 3.8) is 0 Å². The van der Waals surface area contributed by atoms with E-state index in [-0.39, 0.29) is 23.9 Å². The van der Waals surface area contributed by atoms with Crippen LogP contribution in [0, 0.1) is 0 Å². The van der Waals surface area contributed by atoms with Gasteiger partial charge in [-0.2, -0.15) is 0 Å². The SMILES string of the molecule is CCC1(N2CC(=O)NC(Cc3ccccc3)C2=O)CCC1. The van der Waals surface area contributed by atoms with Crippen LogP contribution in [-0.2, 0) is 16.0 Å². The second-order valence-corrected chi connectivity index (χ2v) is 6.17. The largest absolute Gasteiger partial charge is 0.342 e. The van der Waals surface area contributed by atoms with Crippen molar-refractivity contribution in [3.05, 3.63) is 35.9 Å². The van der Waals surface area contributed by atoms with Crippen LogP contribution in [0.3, 0.4) is 0 Å². The molecule has 2 aliphatic rings. The third-order valence-electron chi connectivity index (χ3n) is 5.00. The molecule has 3 rings (SSSR count). The first kappa shape index (κ1) is 14.1. The normalized spacial score (nSPS) is 24.4. The van der Waals surface area contributed by atoms with Gasteiger partial charge in [0, 0.05) is 12.0 Å². The number of nitrogens with one attached hydrogen (secondary N) is 1. The van der Waals surface area contributed by atoms with Crippen LogP contribution in [0.2, 0.25) is 0 Å². The highest BCUT2D eigenvalue weighted by molar-refractivity contribution is 5.95. The molecule has 1 saturated heterocycles. The number of carbonyl (C=O) groups excluding carboxylic acids is 2. The van der Waals surface area contributed by atoms with Crippen molar-refractivity contribution in [2.24, 2.45) is 0 Å². The lowest BCUT2D eigenvalue weighted by molar-refractivity contribution is -0.155. The maximum atomic E-state index is 12.8. The second kappa shape index (κ2) is 5.51. The highest BCUT2D eigenvalue weighted by atomic mass is 16.2. The molecule has 4 heteroatoms. The fraction of sp³-hybridized carbons (Fsp3) is 0.529. The van der Waals surface area contributed by atoms with Gasteiger partial charge in [0.1, 0.15) is 12.6 Å². The van der Waals surface area contributed by atoms with E-state index in [2.05, 4.69) is 12.2 Å². The minimum atomic E-state index is -0.419. The number of amides is 2. The van der Waals surface area contributed by atoms with E-state index in [1.54, 1.807) is 0 Å². The second-order valence-electron chi connectivity index (χ2n) is 6.17. The van der Waals surface area contributed by atoms with Crippen molar-refractivity contribution in [2.75, 3.05) is 6.54 Å². The first-order valence-electron chi connectivity index (χ1n) is 7.79. The van der Waals surface area contributed by atoms with E-state index in [1.165, 1.54) is 0 Å². The number of piperazine rings is 1. The number of carbonyl (C=O) groups is 2. The molecule has 0 aromatic heterocycles. The third-order valence-corrected chi connectivity index (χ3v) is 5.00. The quantitative estimate of drug-likeness (QED) is 0.919.